The van der Waals surface area contributed by atoms with Gasteiger partial charge in [0.05, 0.1) is 18.7 Å². The van der Waals surface area contributed by atoms with Gasteiger partial charge in [-0.15, -0.1) is 0 Å². The lowest BCUT2D eigenvalue weighted by Crippen LogP contribution is -2.59. The Labute approximate surface area is 166 Å². The maximum atomic E-state index is 12.9. The number of amides is 2. The van der Waals surface area contributed by atoms with E-state index in [9.17, 15) is 9.59 Å². The molecule has 3 fully saturated rings. The van der Waals surface area contributed by atoms with Gasteiger partial charge in [-0.2, -0.15) is 0 Å². The van der Waals surface area contributed by atoms with Gasteiger partial charge >= 0.3 is 0 Å². The molecule has 4 rings (SSSR count). The molecule has 3 heterocycles. The van der Waals surface area contributed by atoms with Crippen molar-refractivity contribution in [3.05, 3.63) is 24.5 Å². The Morgan fingerprint density at radius 3 is 2.68 bits per heavy atom. The fraction of sp³-hybridized carbons (Fsp3) is 0.667. The molecule has 0 bridgehead atoms. The molecule has 1 saturated carbocycles. The number of piperazine rings is 1. The van der Waals surface area contributed by atoms with Crippen LogP contribution in [0.4, 0.5) is 0 Å². The number of carbonyl (C=O) groups excluding carboxylic acids is 2. The molecule has 1 aromatic heterocycles. The molecular formula is C21H30N4O3. The average Bonchev–Trinajstić information content (AvgIpc) is 3.25. The molecular weight excluding hydrogens is 356 g/mol. The zero-order chi connectivity index (χ0) is 19.3. The van der Waals surface area contributed by atoms with Gasteiger partial charge in [0.25, 0.3) is 0 Å². The van der Waals surface area contributed by atoms with Gasteiger partial charge in [0.2, 0.25) is 11.8 Å². The van der Waals surface area contributed by atoms with E-state index in [0.29, 0.717) is 25.7 Å². The number of rotatable bonds is 5. The largest absolute Gasteiger partial charge is 0.489 e. The van der Waals surface area contributed by atoms with E-state index in [-0.39, 0.29) is 30.4 Å². The van der Waals surface area contributed by atoms with Gasteiger partial charge in [0.15, 0.2) is 0 Å². The molecule has 1 aromatic rings. The zero-order valence-electron chi connectivity index (χ0n) is 16.4. The van der Waals surface area contributed by atoms with Crippen LogP contribution >= 0.6 is 0 Å². The van der Waals surface area contributed by atoms with Crippen LogP contribution < -0.4 is 10.1 Å². The molecule has 0 spiro atoms. The molecule has 0 aromatic carbocycles. The second-order valence-corrected chi connectivity index (χ2v) is 8.07. The maximum Gasteiger partial charge on any atom is 0.237 e. The lowest BCUT2D eigenvalue weighted by Gasteiger charge is -2.40. The van der Waals surface area contributed by atoms with Gasteiger partial charge in [-0.25, -0.2) is 0 Å². The number of pyridine rings is 1. The fourth-order valence-corrected chi connectivity index (χ4v) is 4.74. The van der Waals surface area contributed by atoms with E-state index in [4.69, 9.17) is 4.74 Å². The van der Waals surface area contributed by atoms with E-state index in [1.807, 2.05) is 17.0 Å². The van der Waals surface area contributed by atoms with Gasteiger partial charge < -0.3 is 15.0 Å². The first-order chi connectivity index (χ1) is 13.7. The Kier molecular flexibility index (Phi) is 6.10. The van der Waals surface area contributed by atoms with Crippen LogP contribution in [0, 0.1) is 0 Å². The first-order valence-electron chi connectivity index (χ1n) is 10.6. The number of nitrogens with one attached hydrogen (secondary N) is 1. The van der Waals surface area contributed by atoms with Crippen LogP contribution in [0.5, 0.6) is 5.75 Å². The molecule has 152 valence electrons. The molecule has 0 unspecified atom stereocenters. The van der Waals surface area contributed by atoms with Gasteiger partial charge in [-0.3, -0.25) is 19.5 Å². The van der Waals surface area contributed by atoms with Crippen LogP contribution in [-0.4, -0.2) is 71.0 Å². The summed E-state index contributed by atoms with van der Waals surface area (Å²) in [7, 11) is 0. The van der Waals surface area contributed by atoms with Crippen molar-refractivity contribution in [3.8, 4) is 5.75 Å². The van der Waals surface area contributed by atoms with Crippen molar-refractivity contribution >= 4 is 11.8 Å². The molecule has 1 atom stereocenters. The second-order valence-electron chi connectivity index (χ2n) is 8.07. The van der Waals surface area contributed by atoms with Crippen molar-refractivity contribution in [2.45, 2.75) is 63.1 Å². The van der Waals surface area contributed by atoms with Crippen LogP contribution in [0.3, 0.4) is 0 Å². The Balaban J connectivity index is 1.30. The lowest BCUT2D eigenvalue weighted by molar-refractivity contribution is -0.141. The third kappa shape index (κ3) is 4.46. The third-order valence-electron chi connectivity index (χ3n) is 6.27. The first-order valence-corrected chi connectivity index (χ1v) is 10.6. The highest BCUT2D eigenvalue weighted by atomic mass is 16.5. The number of likely N-dealkylation sites (tertiary alicyclic amines) is 1. The number of hydrogen-bond acceptors (Lipinski definition) is 5. The SMILES string of the molecule is O=C1NCCN(C2CCCC2)[C@@H]1CC(=O)N1CCC(Oc2cccnc2)CC1. The van der Waals surface area contributed by atoms with Crippen molar-refractivity contribution in [3.63, 3.8) is 0 Å². The second kappa shape index (κ2) is 8.90. The van der Waals surface area contributed by atoms with Crippen molar-refractivity contribution < 1.29 is 14.3 Å². The highest BCUT2D eigenvalue weighted by molar-refractivity contribution is 5.89. The summed E-state index contributed by atoms with van der Waals surface area (Å²) in [5, 5.41) is 2.95. The molecule has 3 aliphatic rings. The minimum atomic E-state index is -0.311. The quantitative estimate of drug-likeness (QED) is 0.832. The Morgan fingerprint density at radius 1 is 1.18 bits per heavy atom. The van der Waals surface area contributed by atoms with E-state index in [2.05, 4.69) is 15.2 Å². The van der Waals surface area contributed by atoms with E-state index in [1.165, 1.54) is 12.8 Å². The standard InChI is InChI=1S/C21H30N4O3/c26-20(14-19-21(27)23-10-13-25(19)16-4-1-2-5-16)24-11-7-17(8-12-24)28-18-6-3-9-22-15-18/h3,6,9,15-17,19H,1-2,4-5,7-8,10-14H2,(H,23,27)/t19-/m1/s1. The van der Waals surface area contributed by atoms with Gasteiger partial charge in [-0.1, -0.05) is 12.8 Å². The van der Waals surface area contributed by atoms with Crippen LogP contribution in [0.2, 0.25) is 0 Å². The van der Waals surface area contributed by atoms with Crippen LogP contribution in [0.1, 0.15) is 44.9 Å². The van der Waals surface area contributed by atoms with Crippen LogP contribution in [0.15, 0.2) is 24.5 Å². The molecule has 0 radical (unpaired) electrons. The van der Waals surface area contributed by atoms with Crippen LogP contribution in [-0.2, 0) is 9.59 Å². The number of hydrogen-bond donors (Lipinski definition) is 1. The average molecular weight is 386 g/mol. The van der Waals surface area contributed by atoms with Gasteiger partial charge in [0, 0.05) is 51.3 Å². The summed E-state index contributed by atoms with van der Waals surface area (Å²) in [5.74, 6) is 0.879. The Bertz CT molecular complexity index is 669. The van der Waals surface area contributed by atoms with E-state index in [0.717, 1.165) is 38.0 Å². The van der Waals surface area contributed by atoms with E-state index in [1.54, 1.807) is 12.4 Å². The molecule has 7 nitrogen and oxygen atoms in total. The summed E-state index contributed by atoms with van der Waals surface area (Å²) in [4.78, 5) is 33.7. The summed E-state index contributed by atoms with van der Waals surface area (Å²) in [6.45, 7) is 2.91. The highest BCUT2D eigenvalue weighted by Gasteiger charge is 2.38. The monoisotopic (exact) mass is 386 g/mol. The number of carbonyl (C=O) groups is 2. The molecule has 1 N–H and O–H groups in total. The summed E-state index contributed by atoms with van der Waals surface area (Å²) in [5.41, 5.74) is 0. The normalized spacial score (nSPS) is 24.9. The van der Waals surface area contributed by atoms with E-state index < -0.39 is 0 Å². The smallest absolute Gasteiger partial charge is 0.237 e. The van der Waals surface area contributed by atoms with E-state index >= 15 is 0 Å². The Morgan fingerprint density at radius 2 is 1.96 bits per heavy atom. The minimum absolute atomic E-state index is 0.0151. The van der Waals surface area contributed by atoms with Crippen molar-refractivity contribution in [1.82, 2.24) is 20.1 Å². The summed E-state index contributed by atoms with van der Waals surface area (Å²) in [6, 6.07) is 3.92. The minimum Gasteiger partial charge on any atom is -0.489 e. The summed E-state index contributed by atoms with van der Waals surface area (Å²) in [6.07, 6.45) is 10.2. The van der Waals surface area contributed by atoms with Crippen molar-refractivity contribution in [1.29, 1.82) is 0 Å². The van der Waals surface area contributed by atoms with Gasteiger partial charge in [-0.05, 0) is 25.0 Å². The van der Waals surface area contributed by atoms with Gasteiger partial charge in [0.1, 0.15) is 11.9 Å². The number of ether oxygens (including phenoxy) is 1. The zero-order valence-corrected chi connectivity index (χ0v) is 16.4. The predicted octanol–water partition coefficient (Wildman–Crippen LogP) is 1.58. The number of piperidine rings is 1. The topological polar surface area (TPSA) is 74.8 Å². The molecule has 1 aliphatic carbocycles. The Hall–Kier alpha value is -2.15. The predicted molar refractivity (Wildman–Crippen MR) is 105 cm³/mol. The highest BCUT2D eigenvalue weighted by Crippen LogP contribution is 2.27. The van der Waals surface area contributed by atoms with Crippen molar-refractivity contribution in [2.24, 2.45) is 0 Å². The summed E-state index contributed by atoms with van der Waals surface area (Å²) < 4.78 is 5.96. The molecule has 7 heteroatoms. The molecule has 2 saturated heterocycles. The third-order valence-corrected chi connectivity index (χ3v) is 6.27. The molecule has 2 aliphatic heterocycles. The number of aromatic nitrogens is 1. The lowest BCUT2D eigenvalue weighted by atomic mass is 10.0. The fourth-order valence-electron chi connectivity index (χ4n) is 4.74. The van der Waals surface area contributed by atoms with Crippen LogP contribution in [0.25, 0.3) is 0 Å². The maximum absolute atomic E-state index is 12.9. The summed E-state index contributed by atoms with van der Waals surface area (Å²) >= 11 is 0. The number of nitrogens with zero attached hydrogens (tertiary/aromatic N) is 3. The molecule has 28 heavy (non-hydrogen) atoms. The van der Waals surface area contributed by atoms with Crippen molar-refractivity contribution in [2.75, 3.05) is 26.2 Å². The molecule has 2 amide bonds. The first kappa shape index (κ1) is 19.2.